The smallest absolute Gasteiger partial charge is 0.192 e. The monoisotopic (exact) mass is 268 g/mol. The molecular weight excluding hydrogens is 236 g/mol. The van der Waals surface area contributed by atoms with Crippen LogP contribution in [0.15, 0.2) is 0 Å². The Morgan fingerprint density at radius 3 is 1.32 bits per heavy atom. The van der Waals surface area contributed by atoms with Gasteiger partial charge in [-0.05, 0) is 37.5 Å². The van der Waals surface area contributed by atoms with Gasteiger partial charge >= 0.3 is 0 Å². The third kappa shape index (κ3) is 7.34. The molecule has 3 heteroatoms. The summed E-state index contributed by atoms with van der Waals surface area (Å²) in [5.41, 5.74) is 0. The Balaban J connectivity index is 4.47. The fraction of sp³-hybridized carbons (Fsp3) is 0.875. The molecule has 0 aliphatic carbocycles. The normalized spacial score (nSPS) is 14.5. The van der Waals surface area contributed by atoms with Crippen molar-refractivity contribution in [2.75, 3.05) is 0 Å². The van der Waals surface area contributed by atoms with Crippen molar-refractivity contribution in [3.63, 3.8) is 0 Å². The van der Waals surface area contributed by atoms with Gasteiger partial charge in [0.25, 0.3) is 0 Å². The molecule has 3 nitrogen and oxygen atoms in total. The summed E-state index contributed by atoms with van der Waals surface area (Å²) in [5.74, 6) is 1.97. The highest BCUT2D eigenvalue weighted by Crippen LogP contribution is 2.21. The summed E-state index contributed by atoms with van der Waals surface area (Å²) < 4.78 is 5.52. The molecule has 2 unspecified atom stereocenters. The lowest BCUT2D eigenvalue weighted by molar-refractivity contribution is 0.368. The molecule has 0 fully saturated rings. The van der Waals surface area contributed by atoms with Crippen LogP contribution < -0.4 is 0 Å². The Bertz CT molecular complexity index is 256. The van der Waals surface area contributed by atoms with Crippen LogP contribution in [-0.2, 0) is 4.74 Å². The summed E-state index contributed by atoms with van der Waals surface area (Å²) in [6.07, 6.45) is 3.74. The van der Waals surface area contributed by atoms with Gasteiger partial charge in [-0.3, -0.25) is 10.8 Å². The van der Waals surface area contributed by atoms with Gasteiger partial charge in [-0.15, -0.1) is 0 Å². The van der Waals surface area contributed by atoms with Crippen molar-refractivity contribution >= 4 is 11.8 Å². The standard InChI is InChI=1S/C16H32N2O/c1-7-13(9-11(3)4)15(17)19-16(18)14(8-2)10-12(5)6/h11-14,17-18H,7-10H2,1-6H3. The molecule has 2 atom stereocenters. The van der Waals surface area contributed by atoms with E-state index in [-0.39, 0.29) is 23.6 Å². The molecule has 0 saturated carbocycles. The van der Waals surface area contributed by atoms with E-state index in [9.17, 15) is 0 Å². The Kier molecular flexibility index (Phi) is 8.70. The molecule has 0 aromatic heterocycles. The third-order valence-electron chi connectivity index (χ3n) is 3.46. The lowest BCUT2D eigenvalue weighted by Gasteiger charge is -2.22. The molecule has 0 aliphatic heterocycles. The molecule has 0 amide bonds. The highest BCUT2D eigenvalue weighted by atomic mass is 16.5. The zero-order valence-corrected chi connectivity index (χ0v) is 13.5. The van der Waals surface area contributed by atoms with E-state index >= 15 is 0 Å². The minimum absolute atomic E-state index is 0.150. The maximum absolute atomic E-state index is 8.06. The van der Waals surface area contributed by atoms with Crippen molar-refractivity contribution in [1.82, 2.24) is 0 Å². The molecule has 0 spiro atoms. The lowest BCUT2D eigenvalue weighted by atomic mass is 9.93. The van der Waals surface area contributed by atoms with Crippen molar-refractivity contribution in [1.29, 1.82) is 10.8 Å². The number of ether oxygens (including phenoxy) is 1. The molecule has 112 valence electrons. The Morgan fingerprint density at radius 2 is 1.11 bits per heavy atom. The second-order valence-electron chi connectivity index (χ2n) is 6.30. The zero-order chi connectivity index (χ0) is 15.0. The van der Waals surface area contributed by atoms with Gasteiger partial charge in [0.05, 0.1) is 0 Å². The summed E-state index contributed by atoms with van der Waals surface area (Å²) in [6.45, 7) is 12.8. The molecule has 0 aromatic carbocycles. The molecule has 19 heavy (non-hydrogen) atoms. The summed E-state index contributed by atoms with van der Waals surface area (Å²) >= 11 is 0. The minimum Gasteiger partial charge on any atom is -0.429 e. The first-order valence-corrected chi connectivity index (χ1v) is 7.66. The van der Waals surface area contributed by atoms with E-state index < -0.39 is 0 Å². The molecular formula is C16H32N2O. The van der Waals surface area contributed by atoms with E-state index in [0.29, 0.717) is 11.8 Å². The van der Waals surface area contributed by atoms with Gasteiger partial charge < -0.3 is 4.74 Å². The van der Waals surface area contributed by atoms with Crippen molar-refractivity contribution in [2.45, 2.75) is 67.2 Å². The summed E-state index contributed by atoms with van der Waals surface area (Å²) in [6, 6.07) is 0. The summed E-state index contributed by atoms with van der Waals surface area (Å²) in [7, 11) is 0. The maximum Gasteiger partial charge on any atom is 0.192 e. The van der Waals surface area contributed by atoms with Gasteiger partial charge in [-0.2, -0.15) is 0 Å². The van der Waals surface area contributed by atoms with Crippen LogP contribution in [0.25, 0.3) is 0 Å². The highest BCUT2D eigenvalue weighted by molar-refractivity contribution is 5.90. The lowest BCUT2D eigenvalue weighted by Crippen LogP contribution is -2.26. The van der Waals surface area contributed by atoms with Crippen LogP contribution in [0.1, 0.15) is 67.2 Å². The topological polar surface area (TPSA) is 56.9 Å². The van der Waals surface area contributed by atoms with Crippen LogP contribution in [0, 0.1) is 34.5 Å². The van der Waals surface area contributed by atoms with Crippen LogP contribution in [0.2, 0.25) is 0 Å². The Hall–Kier alpha value is -0.860. The molecule has 0 bridgehead atoms. The van der Waals surface area contributed by atoms with Gasteiger partial charge in [0.2, 0.25) is 0 Å². The van der Waals surface area contributed by atoms with E-state index in [4.69, 9.17) is 15.6 Å². The average molecular weight is 268 g/mol. The van der Waals surface area contributed by atoms with E-state index in [1.165, 1.54) is 0 Å². The second kappa shape index (κ2) is 9.11. The van der Waals surface area contributed by atoms with Gasteiger partial charge in [0.15, 0.2) is 11.8 Å². The predicted octanol–water partition coefficient (Wildman–Crippen LogP) is 5.10. The van der Waals surface area contributed by atoms with E-state index in [0.717, 1.165) is 25.7 Å². The van der Waals surface area contributed by atoms with E-state index in [1.807, 2.05) is 0 Å². The van der Waals surface area contributed by atoms with Crippen LogP contribution in [0.5, 0.6) is 0 Å². The van der Waals surface area contributed by atoms with Gasteiger partial charge in [-0.25, -0.2) is 0 Å². The van der Waals surface area contributed by atoms with Gasteiger partial charge in [-0.1, -0.05) is 41.5 Å². The van der Waals surface area contributed by atoms with E-state index in [1.54, 1.807) is 0 Å². The van der Waals surface area contributed by atoms with Crippen LogP contribution in [0.4, 0.5) is 0 Å². The molecule has 0 saturated heterocycles. The highest BCUT2D eigenvalue weighted by Gasteiger charge is 2.21. The number of nitrogens with one attached hydrogen (secondary N) is 2. The molecule has 0 aliphatic rings. The van der Waals surface area contributed by atoms with Crippen LogP contribution in [-0.4, -0.2) is 11.8 Å². The van der Waals surface area contributed by atoms with Crippen molar-refractivity contribution in [3.05, 3.63) is 0 Å². The zero-order valence-electron chi connectivity index (χ0n) is 13.5. The SMILES string of the molecule is CCC(CC(C)C)C(=N)OC(=N)C(CC)CC(C)C. The minimum atomic E-state index is 0.150. The van der Waals surface area contributed by atoms with Crippen molar-refractivity contribution < 1.29 is 4.74 Å². The third-order valence-corrected chi connectivity index (χ3v) is 3.46. The number of rotatable bonds is 8. The van der Waals surface area contributed by atoms with E-state index in [2.05, 4.69) is 41.5 Å². The fourth-order valence-electron chi connectivity index (χ4n) is 2.34. The Labute approximate surface area is 119 Å². The van der Waals surface area contributed by atoms with Crippen molar-refractivity contribution in [2.24, 2.45) is 23.7 Å². The quantitative estimate of drug-likeness (QED) is 0.467. The maximum atomic E-state index is 8.06. The van der Waals surface area contributed by atoms with Crippen molar-refractivity contribution in [3.8, 4) is 0 Å². The first kappa shape index (κ1) is 18.1. The molecule has 0 aromatic rings. The summed E-state index contributed by atoms with van der Waals surface area (Å²) in [4.78, 5) is 0. The molecule has 0 heterocycles. The number of hydrogen-bond donors (Lipinski definition) is 2. The number of hydrogen-bond acceptors (Lipinski definition) is 3. The predicted molar refractivity (Wildman–Crippen MR) is 83.0 cm³/mol. The largest absolute Gasteiger partial charge is 0.429 e. The molecule has 0 radical (unpaired) electrons. The van der Waals surface area contributed by atoms with Crippen LogP contribution >= 0.6 is 0 Å². The average Bonchev–Trinajstić information content (AvgIpc) is 2.31. The van der Waals surface area contributed by atoms with Gasteiger partial charge in [0.1, 0.15) is 0 Å². The molecule has 2 N–H and O–H groups in total. The molecule has 0 rings (SSSR count). The first-order valence-electron chi connectivity index (χ1n) is 7.66. The van der Waals surface area contributed by atoms with Crippen LogP contribution in [0.3, 0.4) is 0 Å². The second-order valence-corrected chi connectivity index (χ2v) is 6.30. The van der Waals surface area contributed by atoms with Gasteiger partial charge in [0, 0.05) is 11.8 Å². The summed E-state index contributed by atoms with van der Waals surface area (Å²) in [5, 5.41) is 16.1. The first-order chi connectivity index (χ1) is 8.81. The Morgan fingerprint density at radius 1 is 0.789 bits per heavy atom. The fourth-order valence-corrected chi connectivity index (χ4v) is 2.34.